The van der Waals surface area contributed by atoms with E-state index in [-0.39, 0.29) is 0 Å². The van der Waals surface area contributed by atoms with Gasteiger partial charge in [-0.05, 0) is 0 Å². The molecule has 12 heteroatoms. The predicted molar refractivity (Wildman–Crippen MR) is 45.9 cm³/mol. The van der Waals surface area contributed by atoms with E-state index in [2.05, 4.69) is 0 Å². The van der Waals surface area contributed by atoms with E-state index in [0.29, 0.717) is 0 Å². The lowest BCUT2D eigenvalue weighted by atomic mass is 9.47. The Bertz CT molecular complexity index is 439. The number of hydrogen-bond donors (Lipinski definition) is 4. The standard InChI is InChI=1S/C8H4F4O8/c9-5(1(13)14)6(10,2(15)16)8(12,4(19)20)7(5,11)3(17)18/h(H,13,14)(H,15,16)(H,17,18)(H,19,20). The smallest absolute Gasteiger partial charge is 0.350 e. The molecular weight excluding hydrogens is 300 g/mol. The minimum absolute atomic E-state index is 3.32. The summed E-state index contributed by atoms with van der Waals surface area (Å²) in [6.45, 7) is 0. The second-order valence-corrected chi connectivity index (χ2v) is 3.85. The molecule has 0 bridgehead atoms. The molecule has 1 saturated carbocycles. The molecule has 0 atom stereocenters. The number of carboxylic acids is 4. The molecule has 0 unspecified atom stereocenters. The molecule has 0 aliphatic heterocycles. The Morgan fingerprint density at radius 3 is 0.650 bits per heavy atom. The highest BCUT2D eigenvalue weighted by Gasteiger charge is 3.06. The molecular formula is C8H4F4O8. The number of aliphatic carboxylic acids is 4. The van der Waals surface area contributed by atoms with E-state index in [4.69, 9.17) is 20.4 Å². The van der Waals surface area contributed by atoms with Gasteiger partial charge in [0.2, 0.25) is 0 Å². The Labute approximate surface area is 105 Å². The average Bonchev–Trinajstić information content (AvgIpc) is 2.33. The maximum Gasteiger partial charge on any atom is 0.350 e. The lowest BCUT2D eigenvalue weighted by molar-refractivity contribution is -0.317. The van der Waals surface area contributed by atoms with Crippen molar-refractivity contribution in [3.05, 3.63) is 0 Å². The molecule has 0 aromatic heterocycles. The number of alkyl halides is 4. The summed E-state index contributed by atoms with van der Waals surface area (Å²) in [7, 11) is 0. The van der Waals surface area contributed by atoms with Gasteiger partial charge in [0.1, 0.15) is 0 Å². The summed E-state index contributed by atoms with van der Waals surface area (Å²) >= 11 is 0. The molecule has 8 nitrogen and oxygen atoms in total. The first-order valence-electron chi connectivity index (χ1n) is 4.47. The molecule has 20 heavy (non-hydrogen) atoms. The third-order valence-corrected chi connectivity index (χ3v) is 3.08. The summed E-state index contributed by atoms with van der Waals surface area (Å²) in [5, 5.41) is 33.3. The lowest BCUT2D eigenvalue weighted by Gasteiger charge is -2.57. The van der Waals surface area contributed by atoms with Gasteiger partial charge in [-0.3, -0.25) is 0 Å². The van der Waals surface area contributed by atoms with E-state index in [9.17, 15) is 36.7 Å². The van der Waals surface area contributed by atoms with Crippen LogP contribution in [0.25, 0.3) is 0 Å². The molecule has 4 N–H and O–H groups in total. The molecule has 0 aromatic carbocycles. The zero-order valence-electron chi connectivity index (χ0n) is 8.93. The monoisotopic (exact) mass is 304 g/mol. The summed E-state index contributed by atoms with van der Waals surface area (Å²) < 4.78 is 55.5. The van der Waals surface area contributed by atoms with Crippen molar-refractivity contribution < 1.29 is 57.2 Å². The van der Waals surface area contributed by atoms with Gasteiger partial charge in [0.25, 0.3) is 0 Å². The Kier molecular flexibility index (Phi) is 2.80. The summed E-state index contributed by atoms with van der Waals surface area (Å²) in [4.78, 5) is 42.1. The van der Waals surface area contributed by atoms with Crippen molar-refractivity contribution in [1.82, 2.24) is 0 Å². The van der Waals surface area contributed by atoms with Crippen molar-refractivity contribution >= 4 is 23.9 Å². The van der Waals surface area contributed by atoms with Crippen LogP contribution in [0.1, 0.15) is 0 Å². The SMILES string of the molecule is O=C(O)C1(F)C(F)(C(=O)O)C(F)(C(=O)O)C1(F)C(=O)O. The van der Waals surface area contributed by atoms with Gasteiger partial charge < -0.3 is 20.4 Å². The zero-order chi connectivity index (χ0) is 16.3. The highest BCUT2D eigenvalue weighted by molar-refractivity contribution is 6.13. The third-order valence-electron chi connectivity index (χ3n) is 3.08. The molecule has 0 heterocycles. The van der Waals surface area contributed by atoms with Gasteiger partial charge in [-0.2, -0.15) is 0 Å². The first kappa shape index (κ1) is 15.7. The van der Waals surface area contributed by atoms with Crippen molar-refractivity contribution in [2.24, 2.45) is 0 Å². The number of hydrogen-bond acceptors (Lipinski definition) is 4. The van der Waals surface area contributed by atoms with Crippen LogP contribution in [-0.2, 0) is 19.2 Å². The summed E-state index contributed by atoms with van der Waals surface area (Å²) in [5.41, 5.74) is -21.9. The van der Waals surface area contributed by atoms with Crippen LogP contribution in [-0.4, -0.2) is 67.0 Å². The number of halogens is 4. The fourth-order valence-electron chi connectivity index (χ4n) is 2.07. The Balaban J connectivity index is 3.86. The van der Waals surface area contributed by atoms with Crippen LogP contribution in [0.15, 0.2) is 0 Å². The maximum atomic E-state index is 13.9. The Hall–Kier alpha value is -2.40. The Morgan fingerprint density at radius 1 is 0.500 bits per heavy atom. The molecule has 0 aromatic rings. The van der Waals surface area contributed by atoms with Crippen LogP contribution in [0.5, 0.6) is 0 Å². The second-order valence-electron chi connectivity index (χ2n) is 3.85. The average molecular weight is 304 g/mol. The normalized spacial score (nSPS) is 43.4. The van der Waals surface area contributed by atoms with Crippen molar-refractivity contribution in [2.45, 2.75) is 22.7 Å². The van der Waals surface area contributed by atoms with E-state index in [1.165, 1.54) is 0 Å². The van der Waals surface area contributed by atoms with Crippen LogP contribution in [0.2, 0.25) is 0 Å². The molecule has 0 saturated heterocycles. The van der Waals surface area contributed by atoms with Crippen LogP contribution < -0.4 is 0 Å². The van der Waals surface area contributed by atoms with Crippen LogP contribution in [0.3, 0.4) is 0 Å². The van der Waals surface area contributed by atoms with E-state index >= 15 is 0 Å². The third kappa shape index (κ3) is 1.00. The number of carboxylic acid groups (broad SMARTS) is 4. The highest BCUT2D eigenvalue weighted by Crippen LogP contribution is 2.66. The molecule has 0 radical (unpaired) electrons. The lowest BCUT2D eigenvalue weighted by Crippen LogP contribution is -2.97. The quantitative estimate of drug-likeness (QED) is 0.492. The molecule has 1 aliphatic carbocycles. The van der Waals surface area contributed by atoms with Gasteiger partial charge in [0.05, 0.1) is 0 Å². The first-order valence-corrected chi connectivity index (χ1v) is 4.47. The van der Waals surface area contributed by atoms with E-state index in [1.54, 1.807) is 0 Å². The first-order chi connectivity index (χ1) is 8.77. The number of carbonyl (C=O) groups is 4. The van der Waals surface area contributed by atoms with Gasteiger partial charge >= 0.3 is 46.6 Å². The fraction of sp³-hybridized carbons (Fsp3) is 0.500. The summed E-state index contributed by atoms with van der Waals surface area (Å²) in [6.07, 6.45) is 0. The molecule has 1 rings (SSSR count). The van der Waals surface area contributed by atoms with Crippen molar-refractivity contribution in [3.8, 4) is 0 Å². The van der Waals surface area contributed by atoms with Crippen molar-refractivity contribution in [3.63, 3.8) is 0 Å². The van der Waals surface area contributed by atoms with Gasteiger partial charge in [0, 0.05) is 0 Å². The van der Waals surface area contributed by atoms with Crippen LogP contribution >= 0.6 is 0 Å². The fourth-order valence-corrected chi connectivity index (χ4v) is 2.07. The maximum absolute atomic E-state index is 13.9. The van der Waals surface area contributed by atoms with Gasteiger partial charge in [-0.25, -0.2) is 36.7 Å². The summed E-state index contributed by atoms with van der Waals surface area (Å²) in [5.74, 6) is -13.3. The summed E-state index contributed by atoms with van der Waals surface area (Å²) in [6, 6.07) is 0. The molecule has 112 valence electrons. The van der Waals surface area contributed by atoms with Crippen LogP contribution in [0, 0.1) is 0 Å². The second kappa shape index (κ2) is 3.58. The topological polar surface area (TPSA) is 149 Å². The van der Waals surface area contributed by atoms with E-state index in [1.807, 2.05) is 0 Å². The molecule has 1 aliphatic rings. The van der Waals surface area contributed by atoms with Gasteiger partial charge in [-0.1, -0.05) is 0 Å². The number of rotatable bonds is 4. The van der Waals surface area contributed by atoms with E-state index in [0.717, 1.165) is 0 Å². The highest BCUT2D eigenvalue weighted by atomic mass is 19.2. The minimum atomic E-state index is -5.48. The van der Waals surface area contributed by atoms with Crippen molar-refractivity contribution in [1.29, 1.82) is 0 Å². The van der Waals surface area contributed by atoms with Gasteiger partial charge in [-0.15, -0.1) is 0 Å². The van der Waals surface area contributed by atoms with Gasteiger partial charge in [0.15, 0.2) is 0 Å². The predicted octanol–water partition coefficient (Wildman–Crippen LogP) is -0.828. The molecule has 1 fully saturated rings. The van der Waals surface area contributed by atoms with Crippen molar-refractivity contribution in [2.75, 3.05) is 0 Å². The Morgan fingerprint density at radius 2 is 0.600 bits per heavy atom. The molecule has 0 spiro atoms. The minimum Gasteiger partial charge on any atom is -0.479 e. The zero-order valence-corrected chi connectivity index (χ0v) is 8.93. The van der Waals surface area contributed by atoms with Crippen LogP contribution in [0.4, 0.5) is 17.6 Å². The molecule has 0 amide bonds. The largest absolute Gasteiger partial charge is 0.479 e. The van der Waals surface area contributed by atoms with E-state index < -0.39 is 46.6 Å².